The maximum atomic E-state index is 11.6. The van der Waals surface area contributed by atoms with Gasteiger partial charge in [-0.25, -0.2) is 0 Å². The second kappa shape index (κ2) is 6.77. The van der Waals surface area contributed by atoms with Crippen molar-refractivity contribution in [3.05, 3.63) is 21.4 Å². The maximum Gasteiger partial charge on any atom is 0.220 e. The number of nitrogens with one attached hydrogen (secondary N) is 1. The van der Waals surface area contributed by atoms with Crippen LogP contribution >= 0.6 is 11.3 Å². The van der Waals surface area contributed by atoms with Gasteiger partial charge in [-0.3, -0.25) is 4.79 Å². The number of aryl methyl sites for hydroxylation is 2. The molecule has 1 rings (SSSR count). The molecule has 0 aliphatic carbocycles. The number of hydrogen-bond donors (Lipinski definition) is 2. The molecule has 1 amide bonds. The van der Waals surface area contributed by atoms with E-state index in [4.69, 9.17) is 5.11 Å². The lowest BCUT2D eigenvalue weighted by molar-refractivity contribution is -0.121. The molecule has 0 aliphatic heterocycles. The molecule has 0 fully saturated rings. The lowest BCUT2D eigenvalue weighted by atomic mass is 10.1. The molecule has 1 heterocycles. The molecule has 2 N–H and O–H groups in total. The number of carbonyl (C=O) groups is 1. The number of thiophene rings is 1. The van der Waals surface area contributed by atoms with Gasteiger partial charge in [-0.1, -0.05) is 0 Å². The van der Waals surface area contributed by atoms with E-state index in [9.17, 15) is 4.79 Å². The van der Waals surface area contributed by atoms with Crippen LogP contribution in [0.1, 0.15) is 47.5 Å². The Bertz CT molecular complexity index is 373. The zero-order chi connectivity index (χ0) is 12.8. The number of hydrogen-bond acceptors (Lipinski definition) is 3. The molecule has 4 heteroatoms. The quantitative estimate of drug-likeness (QED) is 0.768. The summed E-state index contributed by atoms with van der Waals surface area (Å²) in [5.74, 6) is 0.0641. The molecule has 1 aromatic heterocycles. The molecule has 96 valence electrons. The Hall–Kier alpha value is -0.870. The average molecular weight is 255 g/mol. The van der Waals surface area contributed by atoms with Crippen LogP contribution in [0.25, 0.3) is 0 Å². The number of carbonyl (C=O) groups excluding carboxylic acids is 1. The molecule has 0 aromatic carbocycles. The molecule has 1 aromatic rings. The molecular formula is C13H21NO2S. The summed E-state index contributed by atoms with van der Waals surface area (Å²) in [6.45, 7) is 6.34. The Morgan fingerprint density at radius 1 is 1.47 bits per heavy atom. The minimum absolute atomic E-state index is 0.0641. The van der Waals surface area contributed by atoms with Gasteiger partial charge in [0.1, 0.15) is 0 Å². The van der Waals surface area contributed by atoms with Crippen LogP contribution in [0.3, 0.4) is 0 Å². The van der Waals surface area contributed by atoms with Crippen molar-refractivity contribution in [3.63, 3.8) is 0 Å². The molecule has 17 heavy (non-hydrogen) atoms. The molecule has 0 saturated carbocycles. The topological polar surface area (TPSA) is 49.3 Å². The third-order valence-corrected chi connectivity index (χ3v) is 3.72. The highest BCUT2D eigenvalue weighted by atomic mass is 32.1. The summed E-state index contributed by atoms with van der Waals surface area (Å²) in [5, 5.41) is 11.6. The van der Waals surface area contributed by atoms with Crippen molar-refractivity contribution in [2.45, 2.75) is 46.1 Å². The van der Waals surface area contributed by atoms with Crippen LogP contribution in [-0.4, -0.2) is 17.6 Å². The van der Waals surface area contributed by atoms with Crippen LogP contribution in [0.5, 0.6) is 0 Å². The number of aliphatic hydroxyl groups is 1. The molecule has 3 nitrogen and oxygen atoms in total. The Morgan fingerprint density at radius 3 is 2.71 bits per heavy atom. The first-order valence-corrected chi connectivity index (χ1v) is 6.83. The smallest absolute Gasteiger partial charge is 0.220 e. The molecule has 0 bridgehead atoms. The summed E-state index contributed by atoms with van der Waals surface area (Å²) in [5.41, 5.74) is 1.21. The highest BCUT2D eigenvalue weighted by Crippen LogP contribution is 2.26. The van der Waals surface area contributed by atoms with Crippen LogP contribution in [0.2, 0.25) is 0 Å². The normalized spacial score (nSPS) is 12.5. The number of rotatable bonds is 6. The maximum absolute atomic E-state index is 11.6. The first-order valence-electron chi connectivity index (χ1n) is 6.01. The third-order valence-electron chi connectivity index (χ3n) is 2.74. The Kier molecular flexibility index (Phi) is 5.65. The van der Waals surface area contributed by atoms with Gasteiger partial charge < -0.3 is 10.4 Å². The van der Waals surface area contributed by atoms with Gasteiger partial charge in [0.25, 0.3) is 0 Å². The van der Waals surface area contributed by atoms with Gasteiger partial charge in [0.15, 0.2) is 0 Å². The van der Waals surface area contributed by atoms with E-state index in [2.05, 4.69) is 25.2 Å². The Morgan fingerprint density at radius 2 is 2.18 bits per heavy atom. The molecular weight excluding hydrogens is 234 g/mol. The first kappa shape index (κ1) is 14.2. The summed E-state index contributed by atoms with van der Waals surface area (Å²) in [7, 11) is 0. The second-order valence-corrected chi connectivity index (χ2v) is 5.80. The number of unbranched alkanes of at least 4 members (excludes halogenated alkanes) is 1. The Balaban J connectivity index is 2.46. The molecule has 0 aliphatic rings. The van der Waals surface area contributed by atoms with Crippen molar-refractivity contribution in [1.29, 1.82) is 0 Å². The third kappa shape index (κ3) is 4.48. The zero-order valence-corrected chi connectivity index (χ0v) is 11.6. The lowest BCUT2D eigenvalue weighted by Crippen LogP contribution is -2.26. The first-order chi connectivity index (χ1) is 8.04. The van der Waals surface area contributed by atoms with E-state index in [0.717, 1.165) is 6.42 Å². The summed E-state index contributed by atoms with van der Waals surface area (Å²) in [4.78, 5) is 14.2. The van der Waals surface area contributed by atoms with Crippen LogP contribution in [-0.2, 0) is 4.79 Å². The van der Waals surface area contributed by atoms with Gasteiger partial charge in [-0.2, -0.15) is 0 Å². The summed E-state index contributed by atoms with van der Waals surface area (Å²) in [6, 6.07) is 2.21. The van der Waals surface area contributed by atoms with Crippen molar-refractivity contribution in [2.75, 3.05) is 6.61 Å². The second-order valence-electron chi connectivity index (χ2n) is 4.34. The van der Waals surface area contributed by atoms with E-state index in [1.165, 1.54) is 15.3 Å². The largest absolute Gasteiger partial charge is 0.396 e. The fourth-order valence-corrected chi connectivity index (χ4v) is 2.89. The summed E-state index contributed by atoms with van der Waals surface area (Å²) in [6.07, 6.45) is 1.93. The van der Waals surface area contributed by atoms with Gasteiger partial charge in [0, 0.05) is 22.8 Å². The minimum atomic E-state index is 0.0641. The van der Waals surface area contributed by atoms with Crippen molar-refractivity contribution in [3.8, 4) is 0 Å². The van der Waals surface area contributed by atoms with E-state index < -0.39 is 0 Å². The fraction of sp³-hybridized carbons (Fsp3) is 0.615. The van der Waals surface area contributed by atoms with Gasteiger partial charge in [0.05, 0.1) is 6.04 Å². The van der Waals surface area contributed by atoms with Gasteiger partial charge in [-0.05, 0) is 45.2 Å². The fourth-order valence-electron chi connectivity index (χ4n) is 1.87. The van der Waals surface area contributed by atoms with Gasteiger partial charge in [0.2, 0.25) is 5.91 Å². The van der Waals surface area contributed by atoms with E-state index in [0.29, 0.717) is 12.8 Å². The predicted molar refractivity (Wildman–Crippen MR) is 71.3 cm³/mol. The lowest BCUT2D eigenvalue weighted by Gasteiger charge is -2.13. The number of aliphatic hydroxyl groups excluding tert-OH is 1. The average Bonchev–Trinajstić information content (AvgIpc) is 2.58. The van der Waals surface area contributed by atoms with E-state index in [-0.39, 0.29) is 18.6 Å². The highest BCUT2D eigenvalue weighted by Gasteiger charge is 2.13. The highest BCUT2D eigenvalue weighted by molar-refractivity contribution is 7.12. The molecule has 0 radical (unpaired) electrons. The molecule has 0 saturated heterocycles. The zero-order valence-electron chi connectivity index (χ0n) is 10.7. The van der Waals surface area contributed by atoms with Crippen molar-refractivity contribution in [1.82, 2.24) is 5.32 Å². The van der Waals surface area contributed by atoms with Crippen LogP contribution in [0.15, 0.2) is 6.07 Å². The van der Waals surface area contributed by atoms with Gasteiger partial charge in [-0.15, -0.1) is 11.3 Å². The Labute approximate surface area is 107 Å². The molecule has 1 unspecified atom stereocenters. The molecule has 1 atom stereocenters. The number of amides is 1. The monoisotopic (exact) mass is 255 g/mol. The SMILES string of the molecule is Cc1cc(C(C)NC(=O)CCCCO)c(C)s1. The predicted octanol–water partition coefficient (Wildman–Crippen LogP) is 2.70. The standard InChI is InChI=1S/C13H21NO2S/c1-9-8-12(11(3)17-9)10(2)14-13(16)6-4-5-7-15/h8,10,15H,4-7H2,1-3H3,(H,14,16). The van der Waals surface area contributed by atoms with E-state index >= 15 is 0 Å². The van der Waals surface area contributed by atoms with Crippen molar-refractivity contribution < 1.29 is 9.90 Å². The van der Waals surface area contributed by atoms with Crippen LogP contribution in [0, 0.1) is 13.8 Å². The summed E-state index contributed by atoms with van der Waals surface area (Å²) >= 11 is 1.76. The van der Waals surface area contributed by atoms with Crippen molar-refractivity contribution >= 4 is 17.2 Å². The summed E-state index contributed by atoms with van der Waals surface area (Å²) < 4.78 is 0. The van der Waals surface area contributed by atoms with Crippen LogP contribution in [0.4, 0.5) is 0 Å². The van der Waals surface area contributed by atoms with Crippen LogP contribution < -0.4 is 5.32 Å². The van der Waals surface area contributed by atoms with Gasteiger partial charge >= 0.3 is 0 Å². The van der Waals surface area contributed by atoms with E-state index in [1.54, 1.807) is 11.3 Å². The minimum Gasteiger partial charge on any atom is -0.396 e. The molecule has 0 spiro atoms. The van der Waals surface area contributed by atoms with Crippen molar-refractivity contribution in [2.24, 2.45) is 0 Å². The van der Waals surface area contributed by atoms with E-state index in [1.807, 2.05) is 6.92 Å².